The molecule has 0 fully saturated rings. The maximum atomic E-state index is 6.27. The SMILES string of the molecule is Clc1ccc2nc(Nc3ccc4[nH]ncc4c3)nc(NCCc3c[nH]c4ccccc34)c2c1. The lowest BCUT2D eigenvalue weighted by Gasteiger charge is -2.12. The lowest BCUT2D eigenvalue weighted by atomic mass is 10.1. The number of anilines is 3. The maximum Gasteiger partial charge on any atom is 0.229 e. The van der Waals surface area contributed by atoms with Gasteiger partial charge in [0.2, 0.25) is 5.95 Å². The monoisotopic (exact) mass is 453 g/mol. The van der Waals surface area contributed by atoms with E-state index in [1.807, 2.05) is 42.5 Å². The fraction of sp³-hybridized carbons (Fsp3) is 0.0800. The second-order valence-electron chi connectivity index (χ2n) is 7.89. The van der Waals surface area contributed by atoms with Gasteiger partial charge in [-0.25, -0.2) is 4.98 Å². The van der Waals surface area contributed by atoms with Crippen LogP contribution in [0.15, 0.2) is 73.1 Å². The fourth-order valence-corrected chi connectivity index (χ4v) is 4.27. The molecule has 3 aromatic carbocycles. The van der Waals surface area contributed by atoms with Gasteiger partial charge in [-0.15, -0.1) is 0 Å². The third kappa shape index (κ3) is 3.83. The first-order chi connectivity index (χ1) is 16.2. The van der Waals surface area contributed by atoms with Crippen molar-refractivity contribution in [1.82, 2.24) is 25.1 Å². The van der Waals surface area contributed by atoms with Gasteiger partial charge in [0.1, 0.15) is 5.82 Å². The number of aromatic nitrogens is 5. The summed E-state index contributed by atoms with van der Waals surface area (Å²) in [6, 6.07) is 19.9. The zero-order valence-corrected chi connectivity index (χ0v) is 18.3. The Bertz CT molecular complexity index is 1600. The Morgan fingerprint density at radius 2 is 1.85 bits per heavy atom. The molecule has 0 saturated carbocycles. The predicted molar refractivity (Wildman–Crippen MR) is 134 cm³/mol. The van der Waals surface area contributed by atoms with E-state index in [0.717, 1.165) is 51.8 Å². The van der Waals surface area contributed by atoms with Crippen LogP contribution >= 0.6 is 11.6 Å². The molecule has 6 rings (SSSR count). The summed E-state index contributed by atoms with van der Waals surface area (Å²) in [6.07, 6.45) is 4.72. The third-order valence-corrected chi connectivity index (χ3v) is 5.95. The lowest BCUT2D eigenvalue weighted by molar-refractivity contribution is 1.01. The summed E-state index contributed by atoms with van der Waals surface area (Å²) in [6.45, 7) is 0.723. The van der Waals surface area contributed by atoms with Crippen LogP contribution in [0.4, 0.5) is 17.5 Å². The summed E-state index contributed by atoms with van der Waals surface area (Å²) in [5.41, 5.74) is 5.10. The quantitative estimate of drug-likeness (QED) is 0.246. The van der Waals surface area contributed by atoms with E-state index in [2.05, 4.69) is 55.2 Å². The van der Waals surface area contributed by atoms with Crippen molar-refractivity contribution in [3.63, 3.8) is 0 Å². The van der Waals surface area contributed by atoms with Crippen LogP contribution in [-0.4, -0.2) is 31.7 Å². The summed E-state index contributed by atoms with van der Waals surface area (Å²) in [4.78, 5) is 12.8. The molecule has 6 aromatic rings. The molecule has 0 aliphatic carbocycles. The standard InChI is InChI=1S/C25H20ClN7/c26-17-5-7-23-20(12-17)24(27-10-9-15-13-28-22-4-2-1-3-19(15)22)32-25(31-23)30-18-6-8-21-16(11-18)14-29-33-21/h1-8,11-14,28H,9-10H2,(H,29,33)(H2,27,30,31,32). The molecular formula is C25H20ClN7. The Morgan fingerprint density at radius 3 is 2.82 bits per heavy atom. The third-order valence-electron chi connectivity index (χ3n) is 5.72. The van der Waals surface area contributed by atoms with Gasteiger partial charge in [-0.3, -0.25) is 5.10 Å². The Hall–Kier alpha value is -4.10. The molecule has 7 nitrogen and oxygen atoms in total. The van der Waals surface area contributed by atoms with Crippen LogP contribution < -0.4 is 10.6 Å². The lowest BCUT2D eigenvalue weighted by Crippen LogP contribution is -2.09. The van der Waals surface area contributed by atoms with Crippen LogP contribution in [0.2, 0.25) is 5.02 Å². The number of halogens is 1. The number of para-hydroxylation sites is 1. The Labute approximate surface area is 194 Å². The number of nitrogens with one attached hydrogen (secondary N) is 4. The van der Waals surface area contributed by atoms with Crippen molar-refractivity contribution in [3.05, 3.63) is 83.6 Å². The molecule has 4 N–H and O–H groups in total. The maximum absolute atomic E-state index is 6.27. The highest BCUT2D eigenvalue weighted by molar-refractivity contribution is 6.31. The largest absolute Gasteiger partial charge is 0.369 e. The van der Waals surface area contributed by atoms with Crippen LogP contribution in [0.25, 0.3) is 32.7 Å². The topological polar surface area (TPSA) is 94.3 Å². The number of nitrogens with zero attached hydrogens (tertiary/aromatic N) is 3. The number of fused-ring (bicyclic) bond motifs is 3. The van der Waals surface area contributed by atoms with Gasteiger partial charge < -0.3 is 15.6 Å². The second kappa shape index (κ2) is 8.11. The normalized spacial score (nSPS) is 11.4. The van der Waals surface area contributed by atoms with Crippen molar-refractivity contribution < 1.29 is 0 Å². The first kappa shape index (κ1) is 19.6. The molecule has 33 heavy (non-hydrogen) atoms. The molecule has 0 spiro atoms. The van der Waals surface area contributed by atoms with E-state index in [0.29, 0.717) is 11.0 Å². The number of benzene rings is 3. The molecule has 162 valence electrons. The molecule has 0 aliphatic heterocycles. The van der Waals surface area contributed by atoms with Crippen LogP contribution in [0.1, 0.15) is 5.56 Å². The average Bonchev–Trinajstić information content (AvgIpc) is 3.46. The molecule has 0 aliphatic rings. The number of hydrogen-bond acceptors (Lipinski definition) is 5. The number of H-pyrrole nitrogens is 2. The van der Waals surface area contributed by atoms with E-state index >= 15 is 0 Å². The Kier molecular flexibility index (Phi) is 4.81. The minimum Gasteiger partial charge on any atom is -0.369 e. The van der Waals surface area contributed by atoms with E-state index < -0.39 is 0 Å². The van der Waals surface area contributed by atoms with E-state index in [1.165, 1.54) is 10.9 Å². The van der Waals surface area contributed by atoms with Gasteiger partial charge in [-0.05, 0) is 54.4 Å². The van der Waals surface area contributed by atoms with Crippen LogP contribution in [-0.2, 0) is 6.42 Å². The summed E-state index contributed by atoms with van der Waals surface area (Å²) < 4.78 is 0. The van der Waals surface area contributed by atoms with Crippen molar-refractivity contribution in [2.24, 2.45) is 0 Å². The van der Waals surface area contributed by atoms with Crippen LogP contribution in [0.5, 0.6) is 0 Å². The van der Waals surface area contributed by atoms with Gasteiger partial charge in [0.25, 0.3) is 0 Å². The first-order valence-corrected chi connectivity index (χ1v) is 11.1. The summed E-state index contributed by atoms with van der Waals surface area (Å²) in [5.74, 6) is 1.26. The van der Waals surface area contributed by atoms with Crippen molar-refractivity contribution in [3.8, 4) is 0 Å². The highest BCUT2D eigenvalue weighted by Crippen LogP contribution is 2.27. The highest BCUT2D eigenvalue weighted by atomic mass is 35.5. The minimum absolute atomic E-state index is 0.516. The number of hydrogen-bond donors (Lipinski definition) is 4. The summed E-state index contributed by atoms with van der Waals surface area (Å²) >= 11 is 6.27. The predicted octanol–water partition coefficient (Wildman–Crippen LogP) is 6.04. The molecule has 3 aromatic heterocycles. The van der Waals surface area contributed by atoms with Gasteiger partial charge >= 0.3 is 0 Å². The molecule has 0 radical (unpaired) electrons. The molecule has 0 unspecified atom stereocenters. The van der Waals surface area contributed by atoms with E-state index in [1.54, 1.807) is 6.20 Å². The zero-order valence-electron chi connectivity index (χ0n) is 17.6. The second-order valence-corrected chi connectivity index (χ2v) is 8.33. The minimum atomic E-state index is 0.516. The number of rotatable bonds is 6. The molecule has 8 heteroatoms. The van der Waals surface area contributed by atoms with E-state index in [4.69, 9.17) is 16.6 Å². The van der Waals surface area contributed by atoms with Gasteiger partial charge in [0, 0.05) is 45.1 Å². The molecular weight excluding hydrogens is 434 g/mol. The summed E-state index contributed by atoms with van der Waals surface area (Å²) in [7, 11) is 0. The molecule has 0 bridgehead atoms. The Balaban J connectivity index is 1.29. The van der Waals surface area contributed by atoms with E-state index in [-0.39, 0.29) is 0 Å². The fourth-order valence-electron chi connectivity index (χ4n) is 4.09. The van der Waals surface area contributed by atoms with Crippen molar-refractivity contribution in [2.45, 2.75) is 6.42 Å². The van der Waals surface area contributed by atoms with Crippen molar-refractivity contribution in [2.75, 3.05) is 17.2 Å². The highest BCUT2D eigenvalue weighted by Gasteiger charge is 2.10. The smallest absolute Gasteiger partial charge is 0.229 e. The van der Waals surface area contributed by atoms with Gasteiger partial charge in [0.15, 0.2) is 0 Å². The summed E-state index contributed by atoms with van der Waals surface area (Å²) in [5, 5.41) is 17.6. The van der Waals surface area contributed by atoms with Crippen LogP contribution in [0, 0.1) is 0 Å². The van der Waals surface area contributed by atoms with Crippen LogP contribution in [0.3, 0.4) is 0 Å². The van der Waals surface area contributed by atoms with Gasteiger partial charge in [0.05, 0.1) is 17.2 Å². The molecule has 0 saturated heterocycles. The van der Waals surface area contributed by atoms with Crippen molar-refractivity contribution in [1.29, 1.82) is 0 Å². The molecule has 0 atom stereocenters. The number of aromatic amines is 2. The average molecular weight is 454 g/mol. The Morgan fingerprint density at radius 1 is 0.909 bits per heavy atom. The molecule has 0 amide bonds. The zero-order chi connectivity index (χ0) is 22.2. The van der Waals surface area contributed by atoms with E-state index in [9.17, 15) is 0 Å². The van der Waals surface area contributed by atoms with Gasteiger partial charge in [-0.2, -0.15) is 10.1 Å². The van der Waals surface area contributed by atoms with Crippen molar-refractivity contribution >= 4 is 61.8 Å². The van der Waals surface area contributed by atoms with Gasteiger partial charge in [-0.1, -0.05) is 29.8 Å². The molecule has 3 heterocycles. The first-order valence-electron chi connectivity index (χ1n) is 10.7.